The fourth-order valence-corrected chi connectivity index (χ4v) is 1.60. The molecule has 0 unspecified atom stereocenters. The number of nitrogens with two attached hydrogens (primary N) is 1. The first-order chi connectivity index (χ1) is 9.51. The van der Waals surface area contributed by atoms with Crippen molar-refractivity contribution in [3.63, 3.8) is 0 Å². The van der Waals surface area contributed by atoms with Crippen molar-refractivity contribution in [1.82, 2.24) is 0 Å². The summed E-state index contributed by atoms with van der Waals surface area (Å²) in [5, 5.41) is 21.4. The number of aldehydes is 1. The van der Waals surface area contributed by atoms with Gasteiger partial charge in [-0.2, -0.15) is 0 Å². The summed E-state index contributed by atoms with van der Waals surface area (Å²) in [7, 11) is 0. The lowest BCUT2D eigenvalue weighted by Gasteiger charge is -2.09. The van der Waals surface area contributed by atoms with E-state index in [2.05, 4.69) is 5.32 Å². The van der Waals surface area contributed by atoms with Crippen LogP contribution in [0.25, 0.3) is 0 Å². The number of amides is 1. The van der Waals surface area contributed by atoms with E-state index >= 15 is 0 Å². The number of hydrogen-bond acceptors (Lipinski definition) is 5. The van der Waals surface area contributed by atoms with Gasteiger partial charge in [-0.3, -0.25) is 9.59 Å². The molecule has 0 saturated carbocycles. The Morgan fingerprint density at radius 3 is 2.35 bits per heavy atom. The molecule has 0 aliphatic carbocycles. The SMILES string of the molecule is Nc1cc(NC(=O)c2ccc(C=O)cc2)c(O)cc1O. The summed E-state index contributed by atoms with van der Waals surface area (Å²) in [5.41, 5.74) is 6.39. The molecule has 1 amide bonds. The number of phenols is 2. The second-order valence-corrected chi connectivity index (χ2v) is 4.12. The molecule has 0 atom stereocenters. The number of carbonyl (C=O) groups is 2. The van der Waals surface area contributed by atoms with Crippen molar-refractivity contribution >= 4 is 23.6 Å². The maximum atomic E-state index is 11.9. The highest BCUT2D eigenvalue weighted by Gasteiger charge is 2.11. The molecule has 0 aromatic heterocycles. The van der Waals surface area contributed by atoms with Gasteiger partial charge in [0, 0.05) is 17.2 Å². The van der Waals surface area contributed by atoms with Crippen LogP contribution in [-0.4, -0.2) is 22.4 Å². The molecule has 5 N–H and O–H groups in total. The van der Waals surface area contributed by atoms with Crippen molar-refractivity contribution in [3.05, 3.63) is 47.5 Å². The minimum Gasteiger partial charge on any atom is -0.506 e. The van der Waals surface area contributed by atoms with E-state index in [0.717, 1.165) is 6.07 Å². The zero-order chi connectivity index (χ0) is 14.7. The smallest absolute Gasteiger partial charge is 0.255 e. The molecule has 0 radical (unpaired) electrons. The molecule has 0 saturated heterocycles. The summed E-state index contributed by atoms with van der Waals surface area (Å²) in [6, 6.07) is 8.28. The van der Waals surface area contributed by atoms with E-state index < -0.39 is 5.91 Å². The van der Waals surface area contributed by atoms with Crippen LogP contribution in [0.1, 0.15) is 20.7 Å². The minimum atomic E-state index is -0.470. The second-order valence-electron chi connectivity index (χ2n) is 4.12. The summed E-state index contributed by atoms with van der Waals surface area (Å²) in [6.07, 6.45) is 0.675. The molecule has 0 aliphatic heterocycles. The number of hydrogen-bond donors (Lipinski definition) is 4. The van der Waals surface area contributed by atoms with Crippen LogP contribution in [0.5, 0.6) is 11.5 Å². The summed E-state index contributed by atoms with van der Waals surface area (Å²) in [6.45, 7) is 0. The van der Waals surface area contributed by atoms with Crippen LogP contribution in [0.2, 0.25) is 0 Å². The molecule has 0 heterocycles. The normalized spacial score (nSPS) is 10.0. The number of aromatic hydroxyl groups is 2. The average molecular weight is 272 g/mol. The van der Waals surface area contributed by atoms with Gasteiger partial charge in [-0.25, -0.2) is 0 Å². The van der Waals surface area contributed by atoms with Crippen molar-refractivity contribution in [2.75, 3.05) is 11.1 Å². The van der Waals surface area contributed by atoms with Gasteiger partial charge in [0.2, 0.25) is 0 Å². The molecule has 0 spiro atoms. The Balaban J connectivity index is 2.22. The van der Waals surface area contributed by atoms with Gasteiger partial charge < -0.3 is 21.3 Å². The lowest BCUT2D eigenvalue weighted by Crippen LogP contribution is -2.12. The number of nitrogen functional groups attached to an aromatic ring is 1. The predicted octanol–water partition coefficient (Wildman–Crippen LogP) is 1.74. The van der Waals surface area contributed by atoms with Crippen molar-refractivity contribution in [2.24, 2.45) is 0 Å². The van der Waals surface area contributed by atoms with Crippen LogP contribution in [0.4, 0.5) is 11.4 Å². The standard InChI is InChI=1S/C14H12N2O4/c15-10-5-11(13(19)6-12(10)18)16-14(20)9-3-1-8(7-17)2-4-9/h1-7,18-19H,15H2,(H,16,20). The second kappa shape index (κ2) is 5.31. The largest absolute Gasteiger partial charge is 0.506 e. The van der Waals surface area contributed by atoms with E-state index in [-0.39, 0.29) is 22.9 Å². The Kier molecular flexibility index (Phi) is 3.56. The Hall–Kier alpha value is -3.02. The first kappa shape index (κ1) is 13.4. The van der Waals surface area contributed by atoms with Crippen molar-refractivity contribution in [1.29, 1.82) is 0 Å². The highest BCUT2D eigenvalue weighted by molar-refractivity contribution is 6.05. The van der Waals surface area contributed by atoms with Gasteiger partial charge in [0.15, 0.2) is 0 Å². The number of rotatable bonds is 3. The molecule has 2 aromatic rings. The van der Waals surface area contributed by atoms with E-state index in [1.165, 1.54) is 30.3 Å². The average Bonchev–Trinajstić information content (AvgIpc) is 2.44. The third kappa shape index (κ3) is 2.69. The molecule has 0 bridgehead atoms. The van der Waals surface area contributed by atoms with Gasteiger partial charge in [0.05, 0.1) is 11.4 Å². The van der Waals surface area contributed by atoms with Crippen LogP contribution < -0.4 is 11.1 Å². The molecular weight excluding hydrogens is 260 g/mol. The molecule has 20 heavy (non-hydrogen) atoms. The third-order valence-electron chi connectivity index (χ3n) is 2.70. The number of benzene rings is 2. The molecule has 2 aromatic carbocycles. The minimum absolute atomic E-state index is 0.0365. The molecule has 102 valence electrons. The van der Waals surface area contributed by atoms with E-state index in [1.54, 1.807) is 0 Å². The number of carbonyl (C=O) groups excluding carboxylic acids is 2. The van der Waals surface area contributed by atoms with Crippen LogP contribution in [0, 0.1) is 0 Å². The predicted molar refractivity (Wildman–Crippen MR) is 74.0 cm³/mol. The summed E-state index contributed by atoms with van der Waals surface area (Å²) >= 11 is 0. The third-order valence-corrected chi connectivity index (χ3v) is 2.70. The van der Waals surface area contributed by atoms with E-state index in [1.807, 2.05) is 0 Å². The molecule has 0 fully saturated rings. The van der Waals surface area contributed by atoms with Gasteiger partial charge >= 0.3 is 0 Å². The van der Waals surface area contributed by atoms with Crippen molar-refractivity contribution in [3.8, 4) is 11.5 Å². The number of nitrogens with one attached hydrogen (secondary N) is 1. The number of anilines is 2. The number of phenolic OH excluding ortho intramolecular Hbond substituents is 2. The van der Waals surface area contributed by atoms with E-state index in [0.29, 0.717) is 17.4 Å². The Labute approximate surface area is 114 Å². The van der Waals surface area contributed by atoms with Gasteiger partial charge in [-0.15, -0.1) is 0 Å². The summed E-state index contributed by atoms with van der Waals surface area (Å²) in [4.78, 5) is 22.5. The van der Waals surface area contributed by atoms with Crippen LogP contribution in [0.15, 0.2) is 36.4 Å². The molecule has 6 nitrogen and oxygen atoms in total. The maximum Gasteiger partial charge on any atom is 0.255 e. The molecule has 6 heteroatoms. The summed E-state index contributed by atoms with van der Waals surface area (Å²) in [5.74, 6) is -1.03. The van der Waals surface area contributed by atoms with E-state index in [9.17, 15) is 19.8 Å². The first-order valence-electron chi connectivity index (χ1n) is 5.69. The quantitative estimate of drug-likeness (QED) is 0.294. The van der Waals surface area contributed by atoms with Gasteiger partial charge in [0.1, 0.15) is 17.8 Å². The fraction of sp³-hybridized carbons (Fsp3) is 0. The Morgan fingerprint density at radius 2 is 1.75 bits per heavy atom. The topological polar surface area (TPSA) is 113 Å². The van der Waals surface area contributed by atoms with Crippen LogP contribution in [-0.2, 0) is 0 Å². The molecule has 0 aliphatic rings. The zero-order valence-corrected chi connectivity index (χ0v) is 10.3. The lowest BCUT2D eigenvalue weighted by atomic mass is 10.1. The van der Waals surface area contributed by atoms with Crippen LogP contribution >= 0.6 is 0 Å². The fourth-order valence-electron chi connectivity index (χ4n) is 1.60. The first-order valence-corrected chi connectivity index (χ1v) is 5.69. The van der Waals surface area contributed by atoms with Crippen molar-refractivity contribution < 1.29 is 19.8 Å². The lowest BCUT2D eigenvalue weighted by molar-refractivity contribution is 0.102. The van der Waals surface area contributed by atoms with Gasteiger partial charge in [0.25, 0.3) is 5.91 Å². The Morgan fingerprint density at radius 1 is 1.10 bits per heavy atom. The van der Waals surface area contributed by atoms with E-state index in [4.69, 9.17) is 5.73 Å². The molecular formula is C14H12N2O4. The Bertz CT molecular complexity index is 666. The highest BCUT2D eigenvalue weighted by atomic mass is 16.3. The maximum absolute atomic E-state index is 11.9. The van der Waals surface area contributed by atoms with Gasteiger partial charge in [-0.05, 0) is 18.2 Å². The highest BCUT2D eigenvalue weighted by Crippen LogP contribution is 2.33. The molecule has 2 rings (SSSR count). The summed E-state index contributed by atoms with van der Waals surface area (Å²) < 4.78 is 0. The monoisotopic (exact) mass is 272 g/mol. The van der Waals surface area contributed by atoms with Crippen molar-refractivity contribution in [2.45, 2.75) is 0 Å². The van der Waals surface area contributed by atoms with Gasteiger partial charge in [-0.1, -0.05) is 12.1 Å². The van der Waals surface area contributed by atoms with Crippen LogP contribution in [0.3, 0.4) is 0 Å². The zero-order valence-electron chi connectivity index (χ0n) is 10.3.